The normalized spacial score (nSPS) is 14.6. The molecule has 3 unspecified atom stereocenters. The van der Waals surface area contributed by atoms with Crippen LogP contribution >= 0.6 is 0 Å². The van der Waals surface area contributed by atoms with Crippen molar-refractivity contribution in [3.05, 3.63) is 11.8 Å². The zero-order chi connectivity index (χ0) is 27.6. The zero-order valence-corrected chi connectivity index (χ0v) is 22.2. The van der Waals surface area contributed by atoms with E-state index in [1.807, 2.05) is 26.1 Å². The van der Waals surface area contributed by atoms with Crippen molar-refractivity contribution < 1.29 is 45.7 Å². The van der Waals surface area contributed by atoms with Gasteiger partial charge in [-0.3, -0.25) is 0 Å². The van der Waals surface area contributed by atoms with Crippen LogP contribution in [-0.4, -0.2) is 62.9 Å². The van der Waals surface area contributed by atoms with Crippen molar-refractivity contribution in [1.29, 1.82) is 0 Å². The van der Waals surface area contributed by atoms with Crippen LogP contribution in [0.1, 0.15) is 86.0 Å². The minimum Gasteiger partial charge on any atom is -0.499 e. The first-order chi connectivity index (χ1) is 16.7. The van der Waals surface area contributed by atoms with Crippen LogP contribution in [0, 0.1) is 0 Å². The van der Waals surface area contributed by atoms with E-state index in [1.165, 1.54) is 0 Å². The van der Waals surface area contributed by atoms with E-state index in [0.29, 0.717) is 13.0 Å². The second-order valence-corrected chi connectivity index (χ2v) is 9.37. The second-order valence-electron chi connectivity index (χ2n) is 9.37. The number of rotatable bonds is 20. The lowest BCUT2D eigenvalue weighted by molar-refractivity contribution is -0.150. The molecule has 1 N–H and O–H groups in total. The predicted molar refractivity (Wildman–Crippen MR) is 128 cm³/mol. The zero-order valence-electron chi connectivity index (χ0n) is 22.2. The second kappa shape index (κ2) is 18.6. The third-order valence-electron chi connectivity index (χ3n) is 5.00. The van der Waals surface area contributed by atoms with E-state index in [0.717, 1.165) is 37.7 Å². The summed E-state index contributed by atoms with van der Waals surface area (Å²) in [7, 11) is 0. The number of nitrogens with one attached hydrogen (secondary N) is 1. The Bertz CT molecular complexity index is 612. The lowest BCUT2D eigenvalue weighted by atomic mass is 10.1. The van der Waals surface area contributed by atoms with E-state index < -0.39 is 43.7 Å². The maximum Gasteiger partial charge on any atom is 0.407 e. The number of unbranched alkanes of at least 4 members (excludes halogenated alkanes) is 4. The summed E-state index contributed by atoms with van der Waals surface area (Å²) in [5.41, 5.74) is 1.04. The highest BCUT2D eigenvalue weighted by atomic mass is 19.4. The van der Waals surface area contributed by atoms with E-state index in [1.54, 1.807) is 13.2 Å². The lowest BCUT2D eigenvalue weighted by Gasteiger charge is -2.23. The summed E-state index contributed by atoms with van der Waals surface area (Å²) < 4.78 is 86.0. The first-order valence-electron chi connectivity index (χ1n) is 12.6. The Labute approximate surface area is 212 Å². The van der Waals surface area contributed by atoms with Crippen LogP contribution in [0.5, 0.6) is 0 Å². The van der Waals surface area contributed by atoms with Crippen molar-refractivity contribution in [3.8, 4) is 0 Å². The number of halogens is 5. The molecule has 0 aromatic rings. The summed E-state index contributed by atoms with van der Waals surface area (Å²) in [6.45, 7) is 9.06. The molecule has 0 fully saturated rings. The summed E-state index contributed by atoms with van der Waals surface area (Å²) in [6.07, 6.45) is -3.03. The lowest BCUT2D eigenvalue weighted by Crippen LogP contribution is -2.40. The minimum absolute atomic E-state index is 0.0405. The number of carbonyl (C=O) groups excluding carboxylic acids is 1. The van der Waals surface area contributed by atoms with E-state index in [4.69, 9.17) is 18.9 Å². The fourth-order valence-corrected chi connectivity index (χ4v) is 2.98. The Kier molecular flexibility index (Phi) is 17.8. The molecule has 0 saturated heterocycles. The molecule has 0 aliphatic carbocycles. The van der Waals surface area contributed by atoms with Crippen molar-refractivity contribution >= 4 is 6.09 Å². The molecule has 0 heterocycles. The van der Waals surface area contributed by atoms with Gasteiger partial charge in [0.15, 0.2) is 0 Å². The van der Waals surface area contributed by atoms with Crippen LogP contribution < -0.4 is 5.32 Å². The van der Waals surface area contributed by atoms with E-state index in [2.05, 4.69) is 6.92 Å². The summed E-state index contributed by atoms with van der Waals surface area (Å²) in [6, 6.07) is 0. The van der Waals surface area contributed by atoms with Gasteiger partial charge in [0.1, 0.15) is 12.7 Å². The molecule has 214 valence electrons. The van der Waals surface area contributed by atoms with Gasteiger partial charge < -0.3 is 24.3 Å². The number of ether oxygens (including phenoxy) is 4. The average Bonchev–Trinajstić information content (AvgIpc) is 2.77. The van der Waals surface area contributed by atoms with E-state index >= 15 is 0 Å². The summed E-state index contributed by atoms with van der Waals surface area (Å²) in [5, 5.41) is 1.88. The molecule has 1 amide bonds. The summed E-state index contributed by atoms with van der Waals surface area (Å²) in [5.74, 6) is -3.70. The fraction of sp³-hybridized carbons (Fsp3) is 0.880. The van der Waals surface area contributed by atoms with Crippen LogP contribution in [0.15, 0.2) is 11.8 Å². The molecule has 6 nitrogen and oxygen atoms in total. The monoisotopic (exact) mass is 533 g/mol. The highest BCUT2D eigenvalue weighted by molar-refractivity contribution is 5.67. The Balaban J connectivity index is 4.60. The highest BCUT2D eigenvalue weighted by Crippen LogP contribution is 2.28. The Morgan fingerprint density at radius 3 is 2.11 bits per heavy atom. The van der Waals surface area contributed by atoms with Crippen molar-refractivity contribution in [2.24, 2.45) is 0 Å². The number of hydrogen-bond acceptors (Lipinski definition) is 5. The molecular weight excluding hydrogens is 489 g/mol. The van der Waals surface area contributed by atoms with Gasteiger partial charge in [-0.15, -0.1) is 0 Å². The molecule has 0 rings (SSSR count). The maximum atomic E-state index is 13.7. The smallest absolute Gasteiger partial charge is 0.407 e. The number of alkyl halides is 5. The average molecular weight is 534 g/mol. The Morgan fingerprint density at radius 2 is 1.50 bits per heavy atom. The molecule has 11 heteroatoms. The van der Waals surface area contributed by atoms with Crippen LogP contribution in [-0.2, 0) is 18.9 Å². The Morgan fingerprint density at radius 1 is 0.889 bits per heavy atom. The molecule has 3 atom stereocenters. The van der Waals surface area contributed by atoms with Crippen LogP contribution in [0.2, 0.25) is 0 Å². The highest BCUT2D eigenvalue weighted by Gasteiger charge is 2.37. The van der Waals surface area contributed by atoms with Gasteiger partial charge in [0.05, 0.1) is 38.2 Å². The minimum atomic E-state index is -4.69. The van der Waals surface area contributed by atoms with Gasteiger partial charge in [-0.1, -0.05) is 32.6 Å². The van der Waals surface area contributed by atoms with Gasteiger partial charge in [0.25, 0.3) is 5.92 Å². The molecule has 0 aliphatic heterocycles. The van der Waals surface area contributed by atoms with Crippen LogP contribution in [0.25, 0.3) is 0 Å². The van der Waals surface area contributed by atoms with Crippen molar-refractivity contribution in [1.82, 2.24) is 5.32 Å². The summed E-state index contributed by atoms with van der Waals surface area (Å²) >= 11 is 0. The number of amides is 1. The van der Waals surface area contributed by atoms with Crippen molar-refractivity contribution in [2.75, 3.05) is 26.4 Å². The number of hydrogen-bond donors (Lipinski definition) is 1. The SMILES string of the molecule is CCCCCCCC(COC(C)COC(C)COC=C(C)C)OC(=O)NCC(F)(F)CCC(F)(F)F. The van der Waals surface area contributed by atoms with Crippen molar-refractivity contribution in [3.63, 3.8) is 0 Å². The molecule has 0 radical (unpaired) electrons. The molecule has 0 aromatic carbocycles. The number of carbonyl (C=O) groups is 1. The van der Waals surface area contributed by atoms with Gasteiger partial charge in [0, 0.05) is 12.8 Å². The van der Waals surface area contributed by atoms with Gasteiger partial charge in [-0.2, -0.15) is 13.2 Å². The quantitative estimate of drug-likeness (QED) is 0.102. The van der Waals surface area contributed by atoms with E-state index in [9.17, 15) is 26.7 Å². The third-order valence-corrected chi connectivity index (χ3v) is 5.00. The first-order valence-corrected chi connectivity index (χ1v) is 12.6. The van der Waals surface area contributed by atoms with Crippen LogP contribution in [0.3, 0.4) is 0 Å². The third kappa shape index (κ3) is 21.6. The first kappa shape index (κ1) is 34.4. The standard InChI is InChI=1S/C25H44F5NO5/c1-6-7-8-9-10-11-22(17-35-21(5)16-34-20(4)15-33-14-19(2)3)36-23(32)31-18-24(26,27)12-13-25(28,29)30/h14,20-22H,6-13,15-18H2,1-5H3,(H,31,32). The molecule has 0 bridgehead atoms. The largest absolute Gasteiger partial charge is 0.499 e. The number of allylic oxidation sites excluding steroid dienone is 1. The number of alkyl carbamates (subject to hydrolysis) is 1. The van der Waals surface area contributed by atoms with Crippen LogP contribution in [0.4, 0.5) is 26.7 Å². The Hall–Kier alpha value is -1.62. The van der Waals surface area contributed by atoms with Gasteiger partial charge >= 0.3 is 12.3 Å². The van der Waals surface area contributed by atoms with Gasteiger partial charge in [0.2, 0.25) is 0 Å². The van der Waals surface area contributed by atoms with Gasteiger partial charge in [-0.05, 0) is 46.1 Å². The molecule has 0 saturated carbocycles. The van der Waals surface area contributed by atoms with E-state index in [-0.39, 0.29) is 25.4 Å². The molecular formula is C25H44F5NO5. The fourth-order valence-electron chi connectivity index (χ4n) is 2.98. The van der Waals surface area contributed by atoms with Gasteiger partial charge in [-0.25, -0.2) is 13.6 Å². The predicted octanol–water partition coefficient (Wildman–Crippen LogP) is 7.17. The summed E-state index contributed by atoms with van der Waals surface area (Å²) in [4.78, 5) is 12.1. The molecule has 0 aliphatic rings. The molecule has 0 spiro atoms. The molecule has 0 aromatic heterocycles. The topological polar surface area (TPSA) is 66.0 Å². The van der Waals surface area contributed by atoms with Crippen molar-refractivity contribution in [2.45, 2.75) is 116 Å². The molecule has 36 heavy (non-hydrogen) atoms. The maximum absolute atomic E-state index is 13.7.